The van der Waals surface area contributed by atoms with E-state index in [0.717, 1.165) is 16.8 Å². The molecule has 1 unspecified atom stereocenters. The molecule has 0 aliphatic rings. The second-order valence-electron chi connectivity index (χ2n) is 4.96. The average Bonchev–Trinajstić information content (AvgIpc) is 2.40. The van der Waals surface area contributed by atoms with Crippen LogP contribution in [0.25, 0.3) is 0 Å². The summed E-state index contributed by atoms with van der Waals surface area (Å²) in [7, 11) is 1.77. The molecule has 1 aromatic heterocycles. The van der Waals surface area contributed by atoms with Gasteiger partial charge in [0.2, 0.25) is 0 Å². The van der Waals surface area contributed by atoms with Crippen molar-refractivity contribution >= 4 is 0 Å². The van der Waals surface area contributed by atoms with Crippen molar-refractivity contribution in [2.24, 2.45) is 0 Å². The molecule has 0 radical (unpaired) electrons. The van der Waals surface area contributed by atoms with Crippen molar-refractivity contribution in [1.29, 1.82) is 0 Å². The predicted octanol–water partition coefficient (Wildman–Crippen LogP) is 3.48. The first-order chi connectivity index (χ1) is 9.52. The lowest BCUT2D eigenvalue weighted by Gasteiger charge is -2.19. The van der Waals surface area contributed by atoms with Gasteiger partial charge in [-0.15, -0.1) is 0 Å². The van der Waals surface area contributed by atoms with Crippen LogP contribution < -0.4 is 5.32 Å². The zero-order valence-electron chi connectivity index (χ0n) is 11.9. The van der Waals surface area contributed by atoms with Gasteiger partial charge in [-0.05, 0) is 50.6 Å². The predicted molar refractivity (Wildman–Crippen MR) is 75.6 cm³/mol. The Morgan fingerprint density at radius 2 is 1.85 bits per heavy atom. The summed E-state index contributed by atoms with van der Waals surface area (Å²) in [5, 5.41) is 3.09. The SMILES string of the molecule is CNC(Cc1c(F)cccc1F)c1ncc(C)cc1C. The van der Waals surface area contributed by atoms with Crippen molar-refractivity contribution in [2.75, 3.05) is 7.05 Å². The van der Waals surface area contributed by atoms with E-state index in [1.165, 1.54) is 18.2 Å². The van der Waals surface area contributed by atoms with Crippen molar-refractivity contribution in [1.82, 2.24) is 10.3 Å². The van der Waals surface area contributed by atoms with Crippen LogP contribution in [0, 0.1) is 25.5 Å². The molecule has 20 heavy (non-hydrogen) atoms. The summed E-state index contributed by atoms with van der Waals surface area (Å²) in [6.07, 6.45) is 2.00. The number of pyridine rings is 1. The van der Waals surface area contributed by atoms with Crippen LogP contribution in [0.15, 0.2) is 30.5 Å². The molecule has 106 valence electrons. The minimum atomic E-state index is -0.519. The Morgan fingerprint density at radius 3 is 2.40 bits per heavy atom. The van der Waals surface area contributed by atoms with E-state index in [4.69, 9.17) is 0 Å². The molecule has 1 heterocycles. The van der Waals surface area contributed by atoms with Gasteiger partial charge in [-0.2, -0.15) is 0 Å². The Bertz CT molecular complexity index is 591. The number of nitrogens with one attached hydrogen (secondary N) is 1. The maximum Gasteiger partial charge on any atom is 0.129 e. The fraction of sp³-hybridized carbons (Fsp3) is 0.312. The van der Waals surface area contributed by atoms with Gasteiger partial charge >= 0.3 is 0 Å². The molecule has 0 aliphatic heterocycles. The zero-order valence-corrected chi connectivity index (χ0v) is 11.9. The van der Waals surface area contributed by atoms with E-state index in [9.17, 15) is 8.78 Å². The highest BCUT2D eigenvalue weighted by Gasteiger charge is 2.18. The Hall–Kier alpha value is -1.81. The molecule has 0 aliphatic carbocycles. The molecule has 0 bridgehead atoms. The van der Waals surface area contributed by atoms with Crippen molar-refractivity contribution in [3.63, 3.8) is 0 Å². The summed E-state index contributed by atoms with van der Waals surface area (Å²) in [6, 6.07) is 5.73. The van der Waals surface area contributed by atoms with Crippen molar-refractivity contribution in [3.05, 3.63) is 64.5 Å². The summed E-state index contributed by atoms with van der Waals surface area (Å²) in [5.41, 5.74) is 2.99. The van der Waals surface area contributed by atoms with Crippen molar-refractivity contribution < 1.29 is 8.78 Å². The van der Waals surface area contributed by atoms with E-state index in [0.29, 0.717) is 0 Å². The number of hydrogen-bond donors (Lipinski definition) is 1. The van der Waals surface area contributed by atoms with E-state index >= 15 is 0 Å². The maximum atomic E-state index is 13.7. The van der Waals surface area contributed by atoms with E-state index in [1.807, 2.05) is 19.9 Å². The molecule has 2 nitrogen and oxygen atoms in total. The quantitative estimate of drug-likeness (QED) is 0.924. The molecule has 0 fully saturated rings. The molecular weight excluding hydrogens is 258 g/mol. The van der Waals surface area contributed by atoms with Gasteiger partial charge in [0.15, 0.2) is 0 Å². The number of aromatic nitrogens is 1. The zero-order chi connectivity index (χ0) is 14.7. The van der Waals surface area contributed by atoms with Crippen LogP contribution in [0.2, 0.25) is 0 Å². The van der Waals surface area contributed by atoms with E-state index < -0.39 is 11.6 Å². The minimum absolute atomic E-state index is 0.0913. The highest BCUT2D eigenvalue weighted by Crippen LogP contribution is 2.23. The Kier molecular flexibility index (Phi) is 4.45. The Labute approximate surface area is 117 Å². The van der Waals surface area contributed by atoms with E-state index in [1.54, 1.807) is 13.2 Å². The fourth-order valence-electron chi connectivity index (χ4n) is 2.36. The molecule has 4 heteroatoms. The summed E-state index contributed by atoms with van der Waals surface area (Å²) in [6.45, 7) is 3.92. The molecule has 2 aromatic rings. The van der Waals surface area contributed by atoms with Crippen LogP contribution in [0.5, 0.6) is 0 Å². The summed E-state index contributed by atoms with van der Waals surface area (Å²) in [5.74, 6) is -1.04. The maximum absolute atomic E-state index is 13.7. The van der Waals surface area contributed by atoms with E-state index in [-0.39, 0.29) is 18.0 Å². The molecule has 1 atom stereocenters. The molecule has 1 N–H and O–H groups in total. The molecule has 0 saturated heterocycles. The third kappa shape index (κ3) is 3.02. The largest absolute Gasteiger partial charge is 0.311 e. The highest BCUT2D eigenvalue weighted by atomic mass is 19.1. The molecule has 0 spiro atoms. The first-order valence-corrected chi connectivity index (χ1v) is 6.56. The smallest absolute Gasteiger partial charge is 0.129 e. The molecule has 0 amide bonds. The van der Waals surface area contributed by atoms with Gasteiger partial charge in [0.05, 0.1) is 11.7 Å². The van der Waals surface area contributed by atoms with Gasteiger partial charge in [0.1, 0.15) is 11.6 Å². The number of nitrogens with zero attached hydrogens (tertiary/aromatic N) is 1. The van der Waals surface area contributed by atoms with Gasteiger partial charge in [-0.3, -0.25) is 4.98 Å². The second kappa shape index (κ2) is 6.09. The van der Waals surface area contributed by atoms with E-state index in [2.05, 4.69) is 10.3 Å². The second-order valence-corrected chi connectivity index (χ2v) is 4.96. The topological polar surface area (TPSA) is 24.9 Å². The first-order valence-electron chi connectivity index (χ1n) is 6.56. The van der Waals surface area contributed by atoms with Crippen LogP contribution in [-0.2, 0) is 6.42 Å². The number of likely N-dealkylation sites (N-methyl/N-ethyl adjacent to an activating group) is 1. The average molecular weight is 276 g/mol. The Balaban J connectivity index is 2.34. The van der Waals surface area contributed by atoms with Gasteiger partial charge in [-0.1, -0.05) is 12.1 Å². The number of halogens is 2. The minimum Gasteiger partial charge on any atom is -0.311 e. The van der Waals surface area contributed by atoms with Crippen LogP contribution in [0.4, 0.5) is 8.78 Å². The van der Waals surface area contributed by atoms with Crippen molar-refractivity contribution in [3.8, 4) is 0 Å². The molecular formula is C16H18F2N2. The highest BCUT2D eigenvalue weighted by molar-refractivity contribution is 5.28. The van der Waals surface area contributed by atoms with Crippen LogP contribution in [0.3, 0.4) is 0 Å². The van der Waals surface area contributed by atoms with Crippen LogP contribution >= 0.6 is 0 Å². The Morgan fingerprint density at radius 1 is 1.20 bits per heavy atom. The lowest BCUT2D eigenvalue weighted by atomic mass is 9.98. The lowest BCUT2D eigenvalue weighted by molar-refractivity contribution is 0.508. The standard InChI is InChI=1S/C16H18F2N2/c1-10-7-11(2)16(20-9-10)15(19-3)8-12-13(17)5-4-6-14(12)18/h4-7,9,15,19H,8H2,1-3H3. The molecule has 1 aromatic carbocycles. The summed E-state index contributed by atoms with van der Waals surface area (Å²) in [4.78, 5) is 4.40. The van der Waals surface area contributed by atoms with Crippen molar-refractivity contribution in [2.45, 2.75) is 26.3 Å². The molecule has 0 saturated carbocycles. The number of aryl methyl sites for hydroxylation is 2. The van der Waals surface area contributed by atoms with Crippen LogP contribution in [0.1, 0.15) is 28.4 Å². The lowest BCUT2D eigenvalue weighted by Crippen LogP contribution is -2.22. The first kappa shape index (κ1) is 14.6. The van der Waals surface area contributed by atoms with Gasteiger partial charge < -0.3 is 5.32 Å². The summed E-state index contributed by atoms with van der Waals surface area (Å²) >= 11 is 0. The van der Waals surface area contributed by atoms with Gasteiger partial charge in [0.25, 0.3) is 0 Å². The molecule has 2 rings (SSSR count). The monoisotopic (exact) mass is 276 g/mol. The van der Waals surface area contributed by atoms with Gasteiger partial charge in [-0.25, -0.2) is 8.78 Å². The number of benzene rings is 1. The normalized spacial score (nSPS) is 12.4. The third-order valence-corrected chi connectivity index (χ3v) is 3.40. The van der Waals surface area contributed by atoms with Gasteiger partial charge in [0, 0.05) is 11.8 Å². The summed E-state index contributed by atoms with van der Waals surface area (Å²) < 4.78 is 27.5. The fourth-order valence-corrected chi connectivity index (χ4v) is 2.36. The number of hydrogen-bond acceptors (Lipinski definition) is 2. The number of rotatable bonds is 4. The van der Waals surface area contributed by atoms with Crippen LogP contribution in [-0.4, -0.2) is 12.0 Å². The third-order valence-electron chi connectivity index (χ3n) is 3.40.